The Morgan fingerprint density at radius 1 is 1.28 bits per heavy atom. The van der Waals surface area contributed by atoms with Gasteiger partial charge in [0.25, 0.3) is 0 Å². The fraction of sp³-hybridized carbons (Fsp3) is 0.462. The number of piperidine rings is 1. The molecule has 5 heteroatoms. The summed E-state index contributed by atoms with van der Waals surface area (Å²) in [7, 11) is 0. The van der Waals surface area contributed by atoms with Crippen molar-refractivity contribution in [1.29, 1.82) is 0 Å². The summed E-state index contributed by atoms with van der Waals surface area (Å²) in [5.41, 5.74) is 2.66. The maximum absolute atomic E-state index is 3.94. The van der Waals surface area contributed by atoms with Crippen LogP contribution in [0.2, 0.25) is 0 Å². The van der Waals surface area contributed by atoms with Gasteiger partial charge < -0.3 is 5.32 Å². The van der Waals surface area contributed by atoms with Crippen molar-refractivity contribution >= 4 is 0 Å². The van der Waals surface area contributed by atoms with E-state index in [-0.39, 0.29) is 5.41 Å². The topological polar surface area (TPSA) is 55.6 Å². The summed E-state index contributed by atoms with van der Waals surface area (Å²) in [6, 6.07) is 8.52. The van der Waals surface area contributed by atoms with Gasteiger partial charge in [-0.25, -0.2) is 4.68 Å². The second-order valence-electron chi connectivity index (χ2n) is 5.12. The molecule has 1 fully saturated rings. The SMILES string of the molecule is CC1(c2cccc(-n3cnnn3)c2)CCNCC1. The largest absolute Gasteiger partial charge is 0.317 e. The van der Waals surface area contributed by atoms with E-state index in [9.17, 15) is 0 Å². The Hall–Kier alpha value is -1.75. The monoisotopic (exact) mass is 243 g/mol. The smallest absolute Gasteiger partial charge is 0.143 e. The molecule has 1 aromatic carbocycles. The minimum Gasteiger partial charge on any atom is -0.317 e. The molecule has 0 atom stereocenters. The maximum atomic E-state index is 3.94. The molecule has 0 radical (unpaired) electrons. The van der Waals surface area contributed by atoms with E-state index in [0.717, 1.165) is 18.8 Å². The fourth-order valence-electron chi connectivity index (χ4n) is 2.57. The number of aromatic nitrogens is 4. The highest BCUT2D eigenvalue weighted by molar-refractivity contribution is 5.38. The minimum atomic E-state index is 0.259. The first-order valence-electron chi connectivity index (χ1n) is 6.33. The highest BCUT2D eigenvalue weighted by Gasteiger charge is 2.28. The molecule has 18 heavy (non-hydrogen) atoms. The zero-order valence-electron chi connectivity index (χ0n) is 10.5. The van der Waals surface area contributed by atoms with E-state index in [1.54, 1.807) is 11.0 Å². The lowest BCUT2D eigenvalue weighted by molar-refractivity contribution is 0.335. The lowest BCUT2D eigenvalue weighted by Crippen LogP contribution is -2.37. The quantitative estimate of drug-likeness (QED) is 0.864. The minimum absolute atomic E-state index is 0.259. The third-order valence-corrected chi connectivity index (χ3v) is 3.86. The van der Waals surface area contributed by atoms with Crippen molar-refractivity contribution in [3.63, 3.8) is 0 Å². The number of benzene rings is 1. The summed E-state index contributed by atoms with van der Waals surface area (Å²) in [6.45, 7) is 4.52. The molecule has 3 rings (SSSR count). The molecule has 94 valence electrons. The van der Waals surface area contributed by atoms with E-state index in [1.165, 1.54) is 18.4 Å². The Kier molecular flexibility index (Phi) is 2.83. The molecule has 0 spiro atoms. The predicted molar refractivity (Wildman–Crippen MR) is 68.6 cm³/mol. The van der Waals surface area contributed by atoms with Crippen LogP contribution in [0.1, 0.15) is 25.3 Å². The maximum Gasteiger partial charge on any atom is 0.143 e. The van der Waals surface area contributed by atoms with Crippen molar-refractivity contribution in [2.75, 3.05) is 13.1 Å². The number of hydrogen-bond acceptors (Lipinski definition) is 4. The van der Waals surface area contributed by atoms with Gasteiger partial charge in [-0.15, -0.1) is 5.10 Å². The van der Waals surface area contributed by atoms with Gasteiger partial charge in [0.2, 0.25) is 0 Å². The Morgan fingerprint density at radius 3 is 2.83 bits per heavy atom. The third-order valence-electron chi connectivity index (χ3n) is 3.86. The normalized spacial score (nSPS) is 18.7. The molecule has 0 aliphatic carbocycles. The first-order chi connectivity index (χ1) is 8.78. The molecule has 0 saturated carbocycles. The molecule has 1 aliphatic heterocycles. The highest BCUT2D eigenvalue weighted by atomic mass is 15.5. The van der Waals surface area contributed by atoms with Crippen LogP contribution < -0.4 is 5.32 Å². The molecule has 0 unspecified atom stereocenters. The molecule has 0 amide bonds. The van der Waals surface area contributed by atoms with E-state index >= 15 is 0 Å². The number of rotatable bonds is 2. The van der Waals surface area contributed by atoms with Crippen LogP contribution in [0.15, 0.2) is 30.6 Å². The van der Waals surface area contributed by atoms with Crippen molar-refractivity contribution in [2.24, 2.45) is 0 Å². The average Bonchev–Trinajstić information content (AvgIpc) is 2.94. The van der Waals surface area contributed by atoms with Crippen LogP contribution >= 0.6 is 0 Å². The molecule has 1 N–H and O–H groups in total. The van der Waals surface area contributed by atoms with Gasteiger partial charge in [-0.2, -0.15) is 0 Å². The standard InChI is InChI=1S/C13H17N5/c1-13(5-7-14-8-6-13)11-3-2-4-12(9-11)18-10-15-16-17-18/h2-4,9-10,14H,5-8H2,1H3. The molecular formula is C13H17N5. The third kappa shape index (κ3) is 2.01. The van der Waals surface area contributed by atoms with Crippen LogP contribution in [-0.4, -0.2) is 33.3 Å². The van der Waals surface area contributed by atoms with Crippen LogP contribution in [0, 0.1) is 0 Å². The van der Waals surface area contributed by atoms with Crippen LogP contribution in [0.4, 0.5) is 0 Å². The van der Waals surface area contributed by atoms with E-state index in [2.05, 4.69) is 46.0 Å². The van der Waals surface area contributed by atoms with Crippen LogP contribution in [0.3, 0.4) is 0 Å². The average molecular weight is 243 g/mol. The molecule has 1 saturated heterocycles. The van der Waals surface area contributed by atoms with E-state index in [4.69, 9.17) is 0 Å². The van der Waals surface area contributed by atoms with Crippen molar-refractivity contribution < 1.29 is 0 Å². The number of nitrogens with zero attached hydrogens (tertiary/aromatic N) is 4. The zero-order valence-corrected chi connectivity index (χ0v) is 10.5. The Bertz CT molecular complexity index is 514. The molecule has 5 nitrogen and oxygen atoms in total. The lowest BCUT2D eigenvalue weighted by atomic mass is 9.75. The summed E-state index contributed by atoms with van der Waals surface area (Å²) in [4.78, 5) is 0. The van der Waals surface area contributed by atoms with Crippen molar-refractivity contribution in [2.45, 2.75) is 25.2 Å². The first kappa shape index (κ1) is 11.3. The molecule has 2 aromatic rings. The van der Waals surface area contributed by atoms with Gasteiger partial charge >= 0.3 is 0 Å². The number of tetrazole rings is 1. The first-order valence-corrected chi connectivity index (χ1v) is 6.33. The molecule has 1 aliphatic rings. The highest BCUT2D eigenvalue weighted by Crippen LogP contribution is 2.33. The fourth-order valence-corrected chi connectivity index (χ4v) is 2.57. The molecular weight excluding hydrogens is 226 g/mol. The zero-order chi connectivity index (χ0) is 12.4. The second-order valence-corrected chi connectivity index (χ2v) is 5.12. The van der Waals surface area contributed by atoms with Gasteiger partial charge in [0.15, 0.2) is 0 Å². The predicted octanol–water partition coefficient (Wildman–Crippen LogP) is 1.30. The summed E-state index contributed by atoms with van der Waals surface area (Å²) >= 11 is 0. The number of nitrogens with one attached hydrogen (secondary N) is 1. The Labute approximate surface area is 106 Å². The Balaban J connectivity index is 1.95. The second kappa shape index (κ2) is 4.49. The molecule has 2 heterocycles. The Morgan fingerprint density at radius 2 is 2.11 bits per heavy atom. The molecule has 0 bridgehead atoms. The van der Waals surface area contributed by atoms with Gasteiger partial charge in [0.1, 0.15) is 6.33 Å². The van der Waals surface area contributed by atoms with E-state index in [1.807, 2.05) is 6.07 Å². The van der Waals surface area contributed by atoms with Crippen LogP contribution in [0.5, 0.6) is 0 Å². The van der Waals surface area contributed by atoms with E-state index in [0.29, 0.717) is 0 Å². The van der Waals surface area contributed by atoms with Crippen LogP contribution in [0.25, 0.3) is 5.69 Å². The number of hydrogen-bond donors (Lipinski definition) is 1. The van der Waals surface area contributed by atoms with Crippen LogP contribution in [-0.2, 0) is 5.41 Å². The summed E-state index contributed by atoms with van der Waals surface area (Å²) in [5.74, 6) is 0. The summed E-state index contributed by atoms with van der Waals surface area (Å²) < 4.78 is 1.70. The molecule has 1 aromatic heterocycles. The summed E-state index contributed by atoms with van der Waals surface area (Å²) in [5, 5.41) is 14.7. The van der Waals surface area contributed by atoms with Gasteiger partial charge in [0, 0.05) is 0 Å². The lowest BCUT2D eigenvalue weighted by Gasteiger charge is -2.34. The summed E-state index contributed by atoms with van der Waals surface area (Å²) in [6.07, 6.45) is 3.97. The van der Waals surface area contributed by atoms with Crippen molar-refractivity contribution in [3.05, 3.63) is 36.2 Å². The van der Waals surface area contributed by atoms with Gasteiger partial charge in [-0.05, 0) is 59.5 Å². The van der Waals surface area contributed by atoms with Crippen molar-refractivity contribution in [3.8, 4) is 5.69 Å². The van der Waals surface area contributed by atoms with Crippen molar-refractivity contribution in [1.82, 2.24) is 25.5 Å². The van der Waals surface area contributed by atoms with Gasteiger partial charge in [-0.1, -0.05) is 19.1 Å². The van der Waals surface area contributed by atoms with Gasteiger partial charge in [0.05, 0.1) is 5.69 Å². The van der Waals surface area contributed by atoms with E-state index < -0.39 is 0 Å². The van der Waals surface area contributed by atoms with Gasteiger partial charge in [-0.3, -0.25) is 0 Å².